The monoisotopic (exact) mass is 292 g/mol. The summed E-state index contributed by atoms with van der Waals surface area (Å²) in [6, 6.07) is 4.68. The molecule has 3 unspecified atom stereocenters. The molecule has 1 aliphatic heterocycles. The van der Waals surface area contributed by atoms with E-state index in [9.17, 15) is 9.18 Å². The van der Waals surface area contributed by atoms with E-state index in [1.165, 1.54) is 12.1 Å². The van der Waals surface area contributed by atoms with Crippen LogP contribution in [0.15, 0.2) is 18.2 Å². The maximum absolute atomic E-state index is 13.5. The number of amides is 1. The van der Waals surface area contributed by atoms with Crippen molar-refractivity contribution in [3.8, 4) is 0 Å². The number of hydrogen-bond acceptors (Lipinski definition) is 3. The lowest BCUT2D eigenvalue weighted by Gasteiger charge is -2.60. The van der Waals surface area contributed by atoms with Crippen molar-refractivity contribution in [1.82, 2.24) is 0 Å². The zero-order chi connectivity index (χ0) is 15.2. The first-order valence-electron chi connectivity index (χ1n) is 7.39. The summed E-state index contributed by atoms with van der Waals surface area (Å²) in [6.45, 7) is 5.19. The van der Waals surface area contributed by atoms with E-state index in [0.717, 1.165) is 25.1 Å². The molecule has 1 amide bonds. The number of ether oxygens (including phenoxy) is 1. The predicted molar refractivity (Wildman–Crippen MR) is 78.6 cm³/mol. The number of carbonyl (C=O) groups excluding carboxylic acids is 1. The van der Waals surface area contributed by atoms with Crippen LogP contribution >= 0.6 is 0 Å². The SMILES string of the molecule is CC1(C)C(Nc2ccc(F)c(C(N)=O)c2)C2CCCOC21. The highest BCUT2D eigenvalue weighted by molar-refractivity contribution is 5.94. The number of hydrogen-bond donors (Lipinski definition) is 2. The van der Waals surface area contributed by atoms with Gasteiger partial charge in [0.2, 0.25) is 0 Å². The first kappa shape index (κ1) is 14.3. The van der Waals surface area contributed by atoms with Gasteiger partial charge in [-0.1, -0.05) is 13.8 Å². The van der Waals surface area contributed by atoms with E-state index in [4.69, 9.17) is 10.5 Å². The van der Waals surface area contributed by atoms with Gasteiger partial charge in [0.25, 0.3) is 5.91 Å². The first-order valence-corrected chi connectivity index (χ1v) is 7.39. The third-order valence-corrected chi connectivity index (χ3v) is 4.89. The van der Waals surface area contributed by atoms with Crippen LogP contribution in [-0.4, -0.2) is 24.7 Å². The highest BCUT2D eigenvalue weighted by Crippen LogP contribution is 2.52. The largest absolute Gasteiger partial charge is 0.381 e. The Morgan fingerprint density at radius 1 is 1.48 bits per heavy atom. The standard InChI is InChI=1S/C16H21FN2O2/c1-16(2)13(10-4-3-7-21-14(10)16)19-9-5-6-12(17)11(8-9)15(18)20/h5-6,8,10,13-14,19H,3-4,7H2,1-2H3,(H2,18,20). The van der Waals surface area contributed by atoms with Crippen molar-refractivity contribution in [3.05, 3.63) is 29.6 Å². The van der Waals surface area contributed by atoms with Gasteiger partial charge in [-0.25, -0.2) is 4.39 Å². The third-order valence-electron chi connectivity index (χ3n) is 4.89. The molecule has 1 aliphatic carbocycles. The number of anilines is 1. The summed E-state index contributed by atoms with van der Waals surface area (Å²) in [5.74, 6) is -0.862. The smallest absolute Gasteiger partial charge is 0.251 e. The van der Waals surface area contributed by atoms with Crippen molar-refractivity contribution in [2.75, 3.05) is 11.9 Å². The van der Waals surface area contributed by atoms with E-state index in [1.54, 1.807) is 6.07 Å². The van der Waals surface area contributed by atoms with Gasteiger partial charge in [-0.05, 0) is 31.0 Å². The zero-order valence-corrected chi connectivity index (χ0v) is 12.4. The van der Waals surface area contributed by atoms with Gasteiger partial charge in [0.15, 0.2) is 0 Å². The Morgan fingerprint density at radius 2 is 2.24 bits per heavy atom. The molecule has 1 aromatic rings. The summed E-state index contributed by atoms with van der Waals surface area (Å²) < 4.78 is 19.4. The molecular weight excluding hydrogens is 271 g/mol. The number of benzene rings is 1. The molecule has 5 heteroatoms. The number of nitrogens with two attached hydrogens (primary N) is 1. The van der Waals surface area contributed by atoms with E-state index < -0.39 is 11.7 Å². The Labute approximate surface area is 123 Å². The van der Waals surface area contributed by atoms with Crippen molar-refractivity contribution < 1.29 is 13.9 Å². The topological polar surface area (TPSA) is 64.3 Å². The molecule has 2 aliphatic rings. The van der Waals surface area contributed by atoms with Crippen molar-refractivity contribution >= 4 is 11.6 Å². The molecule has 0 spiro atoms. The molecule has 114 valence electrons. The van der Waals surface area contributed by atoms with Gasteiger partial charge in [-0.2, -0.15) is 0 Å². The predicted octanol–water partition coefficient (Wildman–Crippen LogP) is 2.54. The fourth-order valence-electron chi connectivity index (χ4n) is 3.80. The Morgan fingerprint density at radius 3 is 2.95 bits per heavy atom. The van der Waals surface area contributed by atoms with Crippen LogP contribution in [0.2, 0.25) is 0 Å². The minimum absolute atomic E-state index is 0.0202. The molecule has 1 saturated carbocycles. The first-order chi connectivity index (χ1) is 9.91. The lowest BCUT2D eigenvalue weighted by atomic mass is 9.55. The number of primary amides is 1. The quantitative estimate of drug-likeness (QED) is 0.900. The van der Waals surface area contributed by atoms with Gasteiger partial charge < -0.3 is 15.8 Å². The molecule has 0 aromatic heterocycles. The maximum atomic E-state index is 13.5. The number of carbonyl (C=O) groups is 1. The van der Waals surface area contributed by atoms with E-state index >= 15 is 0 Å². The van der Waals surface area contributed by atoms with Crippen LogP contribution in [0.3, 0.4) is 0 Å². The Hall–Kier alpha value is -1.62. The molecule has 2 fully saturated rings. The molecule has 4 nitrogen and oxygen atoms in total. The van der Waals surface area contributed by atoms with Gasteiger partial charge in [0.05, 0.1) is 11.7 Å². The van der Waals surface area contributed by atoms with Crippen LogP contribution in [0, 0.1) is 17.2 Å². The van der Waals surface area contributed by atoms with Gasteiger partial charge in [-0.3, -0.25) is 4.79 Å². The summed E-state index contributed by atoms with van der Waals surface area (Å²) in [6.07, 6.45) is 2.49. The molecule has 1 saturated heterocycles. The molecule has 0 bridgehead atoms. The fraction of sp³-hybridized carbons (Fsp3) is 0.562. The van der Waals surface area contributed by atoms with Crippen LogP contribution in [-0.2, 0) is 4.74 Å². The third kappa shape index (κ3) is 2.29. The van der Waals surface area contributed by atoms with Crippen LogP contribution in [0.25, 0.3) is 0 Å². The Kier molecular flexibility index (Phi) is 3.40. The van der Waals surface area contributed by atoms with Gasteiger partial charge >= 0.3 is 0 Å². The van der Waals surface area contributed by atoms with Crippen molar-refractivity contribution in [2.45, 2.75) is 38.8 Å². The highest BCUT2D eigenvalue weighted by atomic mass is 19.1. The van der Waals surface area contributed by atoms with Crippen LogP contribution in [0.5, 0.6) is 0 Å². The van der Waals surface area contributed by atoms with Gasteiger partial charge in [0.1, 0.15) is 5.82 Å². The number of halogens is 1. The molecule has 3 atom stereocenters. The molecule has 3 rings (SSSR count). The van der Waals surface area contributed by atoms with Crippen molar-refractivity contribution in [1.29, 1.82) is 0 Å². The minimum Gasteiger partial charge on any atom is -0.381 e. The van der Waals surface area contributed by atoms with Crippen LogP contribution < -0.4 is 11.1 Å². The Bertz CT molecular complexity index is 573. The van der Waals surface area contributed by atoms with E-state index in [2.05, 4.69) is 19.2 Å². The normalized spacial score (nSPS) is 30.1. The second-order valence-corrected chi connectivity index (χ2v) is 6.60. The summed E-state index contributed by atoms with van der Waals surface area (Å²) in [5.41, 5.74) is 5.87. The lowest BCUT2D eigenvalue weighted by molar-refractivity contribution is -0.177. The van der Waals surface area contributed by atoms with E-state index in [1.807, 2.05) is 0 Å². The highest BCUT2D eigenvalue weighted by Gasteiger charge is 2.57. The van der Waals surface area contributed by atoms with Crippen molar-refractivity contribution in [2.24, 2.45) is 17.1 Å². The van der Waals surface area contributed by atoms with Crippen molar-refractivity contribution in [3.63, 3.8) is 0 Å². The fourth-order valence-corrected chi connectivity index (χ4v) is 3.80. The summed E-state index contributed by atoms with van der Waals surface area (Å²) >= 11 is 0. The maximum Gasteiger partial charge on any atom is 0.251 e. The zero-order valence-electron chi connectivity index (χ0n) is 12.4. The van der Waals surface area contributed by atoms with E-state index in [-0.39, 0.29) is 23.1 Å². The number of nitrogens with one attached hydrogen (secondary N) is 1. The second-order valence-electron chi connectivity index (χ2n) is 6.60. The second kappa shape index (κ2) is 4.98. The molecule has 1 aromatic carbocycles. The van der Waals surface area contributed by atoms with Gasteiger partial charge in [0, 0.05) is 29.7 Å². The van der Waals surface area contributed by atoms with Gasteiger partial charge in [-0.15, -0.1) is 0 Å². The minimum atomic E-state index is -0.747. The summed E-state index contributed by atoms with van der Waals surface area (Å²) in [7, 11) is 0. The molecule has 1 heterocycles. The number of rotatable bonds is 3. The van der Waals surface area contributed by atoms with Crippen LogP contribution in [0.4, 0.5) is 10.1 Å². The molecule has 3 N–H and O–H groups in total. The average Bonchev–Trinajstić information content (AvgIpc) is 2.46. The molecule has 0 radical (unpaired) electrons. The summed E-state index contributed by atoms with van der Waals surface area (Å²) in [5, 5.41) is 3.44. The van der Waals surface area contributed by atoms with Crippen LogP contribution in [0.1, 0.15) is 37.0 Å². The van der Waals surface area contributed by atoms with E-state index in [0.29, 0.717) is 5.92 Å². The lowest BCUT2D eigenvalue weighted by Crippen LogP contribution is -2.67. The average molecular weight is 292 g/mol. The molecular formula is C16H21FN2O2. The Balaban J connectivity index is 1.80. The number of fused-ring (bicyclic) bond motifs is 1. The summed E-state index contributed by atoms with van der Waals surface area (Å²) in [4.78, 5) is 11.2. The molecule has 21 heavy (non-hydrogen) atoms.